The van der Waals surface area contributed by atoms with Crippen LogP contribution in [0.1, 0.15) is 5.56 Å². The maximum absolute atomic E-state index is 12.5. The first-order valence-electron chi connectivity index (χ1n) is 9.56. The highest BCUT2D eigenvalue weighted by molar-refractivity contribution is 5.80. The van der Waals surface area contributed by atoms with Crippen LogP contribution in [0.15, 0.2) is 29.1 Å². The second-order valence-electron chi connectivity index (χ2n) is 7.74. The molecule has 2 aromatic rings. The SMILES string of the molecule is COc1ccc2[nH]c(=O)c(CN3C[C@H](O)[C@@H](N4CCN(C)CC4)C3)cc2c1. The van der Waals surface area contributed by atoms with Crippen LogP contribution in [0.4, 0.5) is 0 Å². The molecule has 2 N–H and O–H groups in total. The van der Waals surface area contributed by atoms with Gasteiger partial charge in [0.25, 0.3) is 5.56 Å². The third kappa shape index (κ3) is 3.87. The van der Waals surface area contributed by atoms with Crippen molar-refractivity contribution in [3.05, 3.63) is 40.2 Å². The molecular formula is C20H28N4O3. The molecule has 2 atom stereocenters. The van der Waals surface area contributed by atoms with Gasteiger partial charge in [-0.25, -0.2) is 0 Å². The number of aromatic amines is 1. The molecule has 27 heavy (non-hydrogen) atoms. The molecule has 0 unspecified atom stereocenters. The lowest BCUT2D eigenvalue weighted by Crippen LogP contribution is -2.52. The van der Waals surface area contributed by atoms with Crippen LogP contribution in [0.5, 0.6) is 5.75 Å². The number of pyridine rings is 1. The van der Waals surface area contributed by atoms with E-state index in [-0.39, 0.29) is 17.7 Å². The van der Waals surface area contributed by atoms with Gasteiger partial charge in [-0.05, 0) is 31.3 Å². The largest absolute Gasteiger partial charge is 0.497 e. The zero-order valence-electron chi connectivity index (χ0n) is 16.0. The van der Waals surface area contributed by atoms with E-state index in [1.54, 1.807) is 7.11 Å². The summed E-state index contributed by atoms with van der Waals surface area (Å²) in [6, 6.07) is 7.73. The minimum Gasteiger partial charge on any atom is -0.497 e. The lowest BCUT2D eigenvalue weighted by atomic mass is 10.1. The number of ether oxygens (including phenoxy) is 1. The fourth-order valence-electron chi connectivity index (χ4n) is 4.20. The van der Waals surface area contributed by atoms with E-state index < -0.39 is 0 Å². The fraction of sp³-hybridized carbons (Fsp3) is 0.550. The van der Waals surface area contributed by atoms with Gasteiger partial charge in [0, 0.05) is 68.3 Å². The summed E-state index contributed by atoms with van der Waals surface area (Å²) in [6.45, 7) is 5.99. The predicted molar refractivity (Wildman–Crippen MR) is 105 cm³/mol. The van der Waals surface area contributed by atoms with Gasteiger partial charge >= 0.3 is 0 Å². The number of likely N-dealkylation sites (N-methyl/N-ethyl adjacent to an activating group) is 1. The Bertz CT molecular complexity index is 860. The van der Waals surface area contributed by atoms with Gasteiger partial charge in [0.15, 0.2) is 0 Å². The van der Waals surface area contributed by atoms with Crippen molar-refractivity contribution >= 4 is 10.9 Å². The van der Waals surface area contributed by atoms with E-state index in [4.69, 9.17) is 4.74 Å². The van der Waals surface area contributed by atoms with Crippen LogP contribution in [0.2, 0.25) is 0 Å². The summed E-state index contributed by atoms with van der Waals surface area (Å²) in [5.74, 6) is 0.771. The molecule has 0 aliphatic carbocycles. The molecule has 3 heterocycles. The number of likely N-dealkylation sites (tertiary alicyclic amines) is 1. The highest BCUT2D eigenvalue weighted by Crippen LogP contribution is 2.22. The van der Waals surface area contributed by atoms with E-state index >= 15 is 0 Å². The fourth-order valence-corrected chi connectivity index (χ4v) is 4.20. The molecule has 2 aliphatic rings. The lowest BCUT2D eigenvalue weighted by molar-refractivity contribution is 0.0512. The number of rotatable bonds is 4. The number of aliphatic hydroxyl groups excluding tert-OH is 1. The van der Waals surface area contributed by atoms with Gasteiger partial charge in [-0.3, -0.25) is 14.6 Å². The quantitative estimate of drug-likeness (QED) is 0.806. The normalized spacial score (nSPS) is 25.3. The summed E-state index contributed by atoms with van der Waals surface area (Å²) < 4.78 is 5.28. The van der Waals surface area contributed by atoms with E-state index in [0.717, 1.165) is 54.9 Å². The Morgan fingerprint density at radius 2 is 1.96 bits per heavy atom. The second-order valence-corrected chi connectivity index (χ2v) is 7.74. The molecule has 0 radical (unpaired) electrons. The number of methoxy groups -OCH3 is 1. The zero-order valence-corrected chi connectivity index (χ0v) is 16.0. The molecule has 2 saturated heterocycles. The van der Waals surface area contributed by atoms with Crippen LogP contribution < -0.4 is 10.3 Å². The van der Waals surface area contributed by atoms with Crippen molar-refractivity contribution in [3.63, 3.8) is 0 Å². The number of fused-ring (bicyclic) bond motifs is 1. The molecule has 4 rings (SSSR count). The summed E-state index contributed by atoms with van der Waals surface area (Å²) in [5, 5.41) is 11.5. The van der Waals surface area contributed by atoms with Crippen LogP contribution >= 0.6 is 0 Å². The van der Waals surface area contributed by atoms with Crippen molar-refractivity contribution in [2.45, 2.75) is 18.7 Å². The lowest BCUT2D eigenvalue weighted by Gasteiger charge is -2.37. The Kier molecular flexibility index (Phi) is 5.19. The topological polar surface area (TPSA) is 72.0 Å². The molecule has 0 amide bonds. The average Bonchev–Trinajstić information content (AvgIpc) is 3.03. The average molecular weight is 372 g/mol. The minimum atomic E-state index is -0.368. The van der Waals surface area contributed by atoms with Gasteiger partial charge in [0.2, 0.25) is 0 Å². The van der Waals surface area contributed by atoms with Crippen molar-refractivity contribution in [2.24, 2.45) is 0 Å². The Morgan fingerprint density at radius 1 is 1.19 bits per heavy atom. The van der Waals surface area contributed by atoms with Crippen molar-refractivity contribution in [2.75, 3.05) is 53.4 Å². The summed E-state index contributed by atoms with van der Waals surface area (Å²) in [7, 11) is 3.77. The molecule has 1 aromatic carbocycles. The summed E-state index contributed by atoms with van der Waals surface area (Å²) in [5.41, 5.74) is 1.47. The van der Waals surface area contributed by atoms with E-state index in [9.17, 15) is 9.90 Å². The standard InChI is InChI=1S/C20H28N4O3/c1-22-5-7-24(8-6-22)18-12-23(13-19(18)25)11-15-9-14-10-16(27-2)3-4-17(14)21-20(15)26/h3-4,9-10,18-19,25H,5-8,11-13H2,1-2H3,(H,21,26)/t18-,19-/m0/s1. The first kappa shape index (κ1) is 18.4. The molecule has 1 aromatic heterocycles. The van der Waals surface area contributed by atoms with Crippen LogP contribution in [-0.4, -0.2) is 90.4 Å². The Labute approximate surface area is 159 Å². The van der Waals surface area contributed by atoms with Gasteiger partial charge in [0.05, 0.1) is 13.2 Å². The highest BCUT2D eigenvalue weighted by Gasteiger charge is 2.36. The van der Waals surface area contributed by atoms with E-state index in [1.807, 2.05) is 24.3 Å². The summed E-state index contributed by atoms with van der Waals surface area (Å²) >= 11 is 0. The van der Waals surface area contributed by atoms with Gasteiger partial charge in [-0.2, -0.15) is 0 Å². The number of piperazine rings is 1. The second kappa shape index (κ2) is 7.59. The van der Waals surface area contributed by atoms with Crippen LogP contribution in [0.3, 0.4) is 0 Å². The minimum absolute atomic E-state index is 0.0646. The number of H-pyrrole nitrogens is 1. The molecule has 7 heteroatoms. The van der Waals surface area contributed by atoms with Crippen LogP contribution in [0, 0.1) is 0 Å². The number of aromatic nitrogens is 1. The number of hydrogen-bond donors (Lipinski definition) is 2. The first-order chi connectivity index (χ1) is 13.0. The predicted octanol–water partition coefficient (Wildman–Crippen LogP) is 0.329. The first-order valence-corrected chi connectivity index (χ1v) is 9.56. The third-order valence-corrected chi connectivity index (χ3v) is 5.86. The summed E-state index contributed by atoms with van der Waals surface area (Å²) in [4.78, 5) is 22.3. The van der Waals surface area contributed by atoms with Crippen LogP contribution in [-0.2, 0) is 6.54 Å². The van der Waals surface area contributed by atoms with Crippen molar-refractivity contribution in [1.82, 2.24) is 19.7 Å². The molecular weight excluding hydrogens is 344 g/mol. The highest BCUT2D eigenvalue weighted by atomic mass is 16.5. The number of nitrogens with zero attached hydrogens (tertiary/aromatic N) is 3. The van der Waals surface area contributed by atoms with Crippen molar-refractivity contribution in [1.29, 1.82) is 0 Å². The number of hydrogen-bond acceptors (Lipinski definition) is 6. The maximum Gasteiger partial charge on any atom is 0.252 e. The molecule has 0 bridgehead atoms. The van der Waals surface area contributed by atoms with Crippen LogP contribution in [0.25, 0.3) is 10.9 Å². The molecule has 2 aliphatic heterocycles. The third-order valence-electron chi connectivity index (χ3n) is 5.86. The zero-order chi connectivity index (χ0) is 19.0. The smallest absolute Gasteiger partial charge is 0.252 e. The van der Waals surface area contributed by atoms with Gasteiger partial charge in [-0.15, -0.1) is 0 Å². The number of nitrogens with one attached hydrogen (secondary N) is 1. The molecule has 2 fully saturated rings. The number of β-amino-alcohol motifs (C(OH)–C–C–N with tert-alkyl or cyclic N) is 1. The Morgan fingerprint density at radius 3 is 2.70 bits per heavy atom. The van der Waals surface area contributed by atoms with E-state index in [2.05, 4.69) is 26.7 Å². The van der Waals surface area contributed by atoms with Crippen molar-refractivity contribution in [3.8, 4) is 5.75 Å². The van der Waals surface area contributed by atoms with Gasteiger partial charge < -0.3 is 19.7 Å². The van der Waals surface area contributed by atoms with Gasteiger partial charge in [-0.1, -0.05) is 0 Å². The number of benzene rings is 1. The van der Waals surface area contributed by atoms with E-state index in [0.29, 0.717) is 13.1 Å². The van der Waals surface area contributed by atoms with Crippen molar-refractivity contribution < 1.29 is 9.84 Å². The van der Waals surface area contributed by atoms with E-state index in [1.165, 1.54) is 0 Å². The Hall–Kier alpha value is -1.93. The monoisotopic (exact) mass is 372 g/mol. The summed E-state index contributed by atoms with van der Waals surface area (Å²) in [6.07, 6.45) is -0.368. The number of aliphatic hydroxyl groups is 1. The molecule has 0 saturated carbocycles. The molecule has 0 spiro atoms. The Balaban J connectivity index is 1.49. The maximum atomic E-state index is 12.5. The molecule has 7 nitrogen and oxygen atoms in total. The van der Waals surface area contributed by atoms with Gasteiger partial charge in [0.1, 0.15) is 5.75 Å². The molecule has 146 valence electrons.